The maximum Gasteiger partial charge on any atom is 0.379 e. The summed E-state index contributed by atoms with van der Waals surface area (Å²) >= 11 is -2.06. The van der Waals surface area contributed by atoms with Crippen molar-refractivity contribution in [2.75, 3.05) is 6.61 Å². The van der Waals surface area contributed by atoms with Crippen molar-refractivity contribution in [3.63, 3.8) is 0 Å². The van der Waals surface area contributed by atoms with Crippen LogP contribution in [0.2, 0.25) is 0 Å². The molecule has 0 saturated heterocycles. The molecule has 1 aliphatic heterocycles. The number of hydrogen-bond donors (Lipinski definition) is 1. The zero-order valence-corrected chi connectivity index (χ0v) is 18.5. The van der Waals surface area contributed by atoms with E-state index in [-0.39, 0.29) is 17.9 Å². The molecule has 0 saturated carbocycles. The molecular weight excluding hydrogens is 422 g/mol. The summed E-state index contributed by atoms with van der Waals surface area (Å²) in [5.41, 5.74) is -4.58. The summed E-state index contributed by atoms with van der Waals surface area (Å²) in [4.78, 5) is 22.9. The van der Waals surface area contributed by atoms with Crippen LogP contribution in [-0.4, -0.2) is 38.3 Å². The first kappa shape index (κ1) is 24.3. The largest absolute Gasteiger partial charge is 0.598 e. The average molecular weight is 448 g/mol. The Bertz CT molecular complexity index is 843. The number of carbonyl (C=O) groups is 1. The van der Waals surface area contributed by atoms with Gasteiger partial charge in [0.2, 0.25) is 0 Å². The van der Waals surface area contributed by atoms with Crippen molar-refractivity contribution in [2.24, 2.45) is 0 Å². The molecule has 1 aromatic carbocycles. The zero-order valence-electron chi connectivity index (χ0n) is 17.7. The summed E-state index contributed by atoms with van der Waals surface area (Å²) in [6, 6.07) is 3.24. The van der Waals surface area contributed by atoms with Crippen molar-refractivity contribution in [2.45, 2.75) is 69.8 Å². The highest BCUT2D eigenvalue weighted by Crippen LogP contribution is 2.53. The number of halogens is 2. The van der Waals surface area contributed by atoms with E-state index in [4.69, 9.17) is 4.74 Å². The van der Waals surface area contributed by atoms with E-state index in [0.717, 1.165) is 12.1 Å². The van der Waals surface area contributed by atoms with E-state index >= 15 is 8.78 Å². The second kappa shape index (κ2) is 7.93. The fourth-order valence-electron chi connectivity index (χ4n) is 3.26. The van der Waals surface area contributed by atoms with Crippen LogP contribution in [0.5, 0.6) is 5.75 Å². The van der Waals surface area contributed by atoms with Gasteiger partial charge >= 0.3 is 11.9 Å². The number of non-ortho nitro benzene ring substituents is 1. The standard InChI is InChI=1S/C19H26F2N2O6S/c1-7-28-15(24)19(20,21)18(22-30(27)16(2,3)4)11-17(5,6)29-14-9-8-12(23(25)26)10-13(14)18/h8-10,22H,7,11H2,1-6H3/t18?,30-/m1/s1. The lowest BCUT2D eigenvalue weighted by Gasteiger charge is -2.48. The minimum atomic E-state index is -4.21. The van der Waals surface area contributed by atoms with Gasteiger partial charge in [0, 0.05) is 35.5 Å². The zero-order chi connectivity index (χ0) is 23.1. The SMILES string of the molecule is CCOC(=O)C(F)(F)C1(N[S@+]([O-])C(C)(C)C)CC(C)(C)Oc2ccc([N+](=O)[O-])cc21. The molecule has 168 valence electrons. The van der Waals surface area contributed by atoms with E-state index in [9.17, 15) is 19.5 Å². The molecular formula is C19H26F2N2O6S. The fourth-order valence-corrected chi connectivity index (χ4v) is 4.20. The lowest BCUT2D eigenvalue weighted by atomic mass is 9.74. The van der Waals surface area contributed by atoms with E-state index in [1.807, 2.05) is 0 Å². The lowest BCUT2D eigenvalue weighted by molar-refractivity contribution is -0.385. The topological polar surface area (TPSA) is 114 Å². The third-order valence-corrected chi connectivity index (χ3v) is 6.25. The molecule has 0 radical (unpaired) electrons. The highest BCUT2D eigenvalue weighted by molar-refractivity contribution is 7.90. The number of ether oxygens (including phenoxy) is 2. The molecule has 1 aromatic rings. The van der Waals surface area contributed by atoms with Crippen molar-refractivity contribution >= 4 is 23.0 Å². The Hall–Kier alpha value is -1.98. The van der Waals surface area contributed by atoms with E-state index in [1.165, 1.54) is 26.8 Å². The van der Waals surface area contributed by atoms with Gasteiger partial charge in [-0.2, -0.15) is 8.78 Å². The summed E-state index contributed by atoms with van der Waals surface area (Å²) in [5, 5.41) is 11.3. The Labute approximate surface area is 176 Å². The summed E-state index contributed by atoms with van der Waals surface area (Å²) in [5.74, 6) is -6.10. The number of nitrogens with one attached hydrogen (secondary N) is 1. The lowest BCUT2D eigenvalue weighted by Crippen LogP contribution is -2.67. The maximum absolute atomic E-state index is 15.8. The molecule has 1 aliphatic rings. The first-order valence-corrected chi connectivity index (χ1v) is 10.4. The van der Waals surface area contributed by atoms with Gasteiger partial charge < -0.3 is 14.0 Å². The van der Waals surface area contributed by atoms with Crippen LogP contribution in [0, 0.1) is 10.1 Å². The molecule has 11 heteroatoms. The molecule has 0 aromatic heterocycles. The van der Waals surface area contributed by atoms with Gasteiger partial charge in [-0.25, -0.2) is 4.79 Å². The second-order valence-electron chi connectivity index (χ2n) is 8.66. The average Bonchev–Trinajstić information content (AvgIpc) is 2.59. The Morgan fingerprint density at radius 1 is 1.37 bits per heavy atom. The quantitative estimate of drug-likeness (QED) is 0.306. The molecule has 1 unspecified atom stereocenters. The van der Waals surface area contributed by atoms with Crippen LogP contribution in [0.15, 0.2) is 18.2 Å². The number of rotatable bonds is 6. The highest BCUT2D eigenvalue weighted by atomic mass is 32.2. The van der Waals surface area contributed by atoms with Gasteiger partial charge in [-0.15, -0.1) is 4.72 Å². The molecule has 1 heterocycles. The number of carbonyl (C=O) groups excluding carboxylic acids is 1. The van der Waals surface area contributed by atoms with Crippen molar-refractivity contribution in [1.82, 2.24) is 4.72 Å². The van der Waals surface area contributed by atoms with Crippen LogP contribution in [0.3, 0.4) is 0 Å². The monoisotopic (exact) mass is 448 g/mol. The predicted molar refractivity (Wildman–Crippen MR) is 107 cm³/mol. The Morgan fingerprint density at radius 2 is 1.97 bits per heavy atom. The summed E-state index contributed by atoms with van der Waals surface area (Å²) in [7, 11) is 0. The van der Waals surface area contributed by atoms with Crippen molar-refractivity contribution in [1.29, 1.82) is 0 Å². The minimum absolute atomic E-state index is 0.0702. The van der Waals surface area contributed by atoms with Crippen LogP contribution in [-0.2, 0) is 26.4 Å². The molecule has 0 amide bonds. The van der Waals surface area contributed by atoms with Crippen molar-refractivity contribution in [3.8, 4) is 5.75 Å². The van der Waals surface area contributed by atoms with Gasteiger partial charge in [-0.1, -0.05) is 0 Å². The first-order valence-electron chi connectivity index (χ1n) is 9.30. The van der Waals surface area contributed by atoms with Crippen molar-refractivity contribution in [3.05, 3.63) is 33.9 Å². The molecule has 0 bridgehead atoms. The first-order chi connectivity index (χ1) is 13.6. The van der Waals surface area contributed by atoms with E-state index in [1.54, 1.807) is 20.8 Å². The predicted octanol–water partition coefficient (Wildman–Crippen LogP) is 3.60. The third kappa shape index (κ3) is 4.37. The maximum atomic E-state index is 15.8. The summed E-state index contributed by atoms with van der Waals surface area (Å²) < 4.78 is 56.3. The van der Waals surface area contributed by atoms with Crippen LogP contribution in [0.25, 0.3) is 0 Å². The van der Waals surface area contributed by atoms with Gasteiger partial charge in [-0.3, -0.25) is 10.1 Å². The van der Waals surface area contributed by atoms with Gasteiger partial charge in [0.1, 0.15) is 16.1 Å². The van der Waals surface area contributed by atoms with E-state index in [0.29, 0.717) is 0 Å². The third-order valence-electron chi connectivity index (χ3n) is 4.60. The molecule has 1 N–H and O–H groups in total. The minimum Gasteiger partial charge on any atom is -0.598 e. The normalized spacial score (nSPS) is 21.9. The highest BCUT2D eigenvalue weighted by Gasteiger charge is 2.68. The molecule has 30 heavy (non-hydrogen) atoms. The number of nitro benzene ring substituents is 1. The number of fused-ring (bicyclic) bond motifs is 1. The molecule has 0 fully saturated rings. The summed E-state index contributed by atoms with van der Waals surface area (Å²) in [6.45, 7) is 8.88. The van der Waals surface area contributed by atoms with Crippen LogP contribution < -0.4 is 9.46 Å². The number of nitrogens with zero attached hydrogens (tertiary/aromatic N) is 1. The number of hydrogen-bond acceptors (Lipinski definition) is 7. The van der Waals surface area contributed by atoms with Gasteiger partial charge in [0.15, 0.2) is 5.54 Å². The van der Waals surface area contributed by atoms with Gasteiger partial charge in [0.05, 0.1) is 11.5 Å². The number of alkyl halides is 2. The molecule has 2 atom stereocenters. The molecule has 2 rings (SSSR count). The van der Waals surface area contributed by atoms with E-state index < -0.39 is 56.2 Å². The van der Waals surface area contributed by atoms with Crippen molar-refractivity contribution < 1.29 is 32.5 Å². The van der Waals surface area contributed by atoms with Crippen LogP contribution >= 0.6 is 0 Å². The van der Waals surface area contributed by atoms with Crippen LogP contribution in [0.1, 0.15) is 53.5 Å². The smallest absolute Gasteiger partial charge is 0.379 e. The number of esters is 1. The van der Waals surface area contributed by atoms with Crippen LogP contribution in [0.4, 0.5) is 14.5 Å². The second-order valence-corrected chi connectivity index (χ2v) is 10.6. The fraction of sp³-hybridized carbons (Fsp3) is 0.632. The molecule has 0 aliphatic carbocycles. The van der Waals surface area contributed by atoms with Gasteiger partial charge in [-0.05, 0) is 47.6 Å². The Morgan fingerprint density at radius 3 is 2.47 bits per heavy atom. The van der Waals surface area contributed by atoms with E-state index in [2.05, 4.69) is 9.46 Å². The van der Waals surface area contributed by atoms with Gasteiger partial charge in [0.25, 0.3) is 5.69 Å². The Balaban J connectivity index is 2.84. The molecule has 8 nitrogen and oxygen atoms in total. The number of benzene rings is 1. The molecule has 0 spiro atoms. The number of nitro groups is 1. The Kier molecular flexibility index (Phi) is 6.42. The summed E-state index contributed by atoms with van der Waals surface area (Å²) in [6.07, 6.45) is -0.498.